The summed E-state index contributed by atoms with van der Waals surface area (Å²) in [7, 11) is 2.73. The quantitative estimate of drug-likeness (QED) is 0.0457. The monoisotopic (exact) mass is 864 g/mol. The number of halogens is 4. The molecule has 2 amide bonds. The van der Waals surface area contributed by atoms with E-state index in [0.717, 1.165) is 23.3 Å². The van der Waals surface area contributed by atoms with Crippen molar-refractivity contribution in [2.45, 2.75) is 55.4 Å². The number of anilines is 5. The van der Waals surface area contributed by atoms with Crippen LogP contribution >= 0.6 is 11.6 Å². The Kier molecular flexibility index (Phi) is 23.3. The minimum absolute atomic E-state index is 0. The Morgan fingerprint density at radius 3 is 1.63 bits per heavy atom. The molecule has 0 fully saturated rings. The Balaban J connectivity index is 0.000000922. The van der Waals surface area contributed by atoms with Crippen LogP contribution in [0.4, 0.5) is 49.0 Å². The first-order valence-corrected chi connectivity index (χ1v) is 17.7. The zero-order valence-corrected chi connectivity index (χ0v) is 38.9. The van der Waals surface area contributed by atoms with Gasteiger partial charge in [-0.05, 0) is 72.2 Å². The predicted molar refractivity (Wildman–Crippen MR) is 221 cm³/mol. The van der Waals surface area contributed by atoms with Crippen molar-refractivity contribution in [3.05, 3.63) is 110 Å². The van der Waals surface area contributed by atoms with Gasteiger partial charge in [0.05, 0.1) is 27.4 Å². The van der Waals surface area contributed by atoms with Crippen LogP contribution in [-0.2, 0) is 9.68 Å². The number of amides is 2. The van der Waals surface area contributed by atoms with E-state index >= 15 is 0 Å². The zero-order valence-electron chi connectivity index (χ0n) is 35.0. The second-order valence-electron chi connectivity index (χ2n) is 14.9. The Labute approximate surface area is 391 Å². The number of pyridine rings is 2. The van der Waals surface area contributed by atoms with E-state index in [0.29, 0.717) is 35.6 Å². The van der Waals surface area contributed by atoms with Gasteiger partial charge in [-0.25, -0.2) is 39.4 Å². The number of carbonyl (C=O) groups is 2. The van der Waals surface area contributed by atoms with Gasteiger partial charge in [-0.3, -0.25) is 19.3 Å². The van der Waals surface area contributed by atoms with Crippen LogP contribution in [0.15, 0.2) is 48.5 Å². The average Bonchev–Trinajstić information content (AvgIpc) is 3.13. The average molecular weight is 865 g/mol. The molecule has 0 aliphatic rings. The molecule has 19 heteroatoms. The van der Waals surface area contributed by atoms with Crippen molar-refractivity contribution in [2.24, 2.45) is 10.8 Å². The third kappa shape index (κ3) is 18.5. The summed E-state index contributed by atoms with van der Waals surface area (Å²) >= 11 is 5.72. The van der Waals surface area contributed by atoms with Crippen LogP contribution in [0.3, 0.4) is 0 Å². The van der Waals surface area contributed by atoms with E-state index in [1.54, 1.807) is 36.4 Å². The first kappa shape index (κ1) is 54.5. The molecular formula is C40H49ClF3KN10O4. The van der Waals surface area contributed by atoms with Gasteiger partial charge in [-0.1, -0.05) is 65.3 Å². The largest absolute Gasteiger partial charge is 1.00 e. The number of nitrogens with zero attached hydrogens (tertiary/aromatic N) is 4. The van der Waals surface area contributed by atoms with Gasteiger partial charge in [0.15, 0.2) is 23.3 Å². The Morgan fingerprint density at radius 1 is 0.746 bits per heavy atom. The number of rotatable bonds is 10. The van der Waals surface area contributed by atoms with Crippen LogP contribution in [0, 0.1) is 49.5 Å². The van der Waals surface area contributed by atoms with Crippen LogP contribution in [-0.4, -0.2) is 49.1 Å². The summed E-state index contributed by atoms with van der Waals surface area (Å²) in [4.78, 5) is 46.8. The molecule has 7 N–H and O–H groups in total. The number of hydroxylamine groups is 2. The van der Waals surface area contributed by atoms with Gasteiger partial charge in [-0.15, -0.1) is 0 Å². The third-order valence-corrected chi connectivity index (χ3v) is 7.64. The molecule has 0 atom stereocenters. The van der Waals surface area contributed by atoms with Gasteiger partial charge in [0.25, 0.3) is 11.8 Å². The standard InChI is InChI=1S/C20H24FN5O2.C11H13ClFN3.C9H12N2O2.FH.K/c1-12-7-8-13(19(27)26-28-6)9-15(12)24-18-16(22-5)10-14(21)17(25-18)23-11-20(2,3)4;1-11(2,3)6-15-10-7(13)5-8(14-4)9(12)16-10;1-6-3-4-7(5-8(6)10)9(12)11-13-2;;/h7-10H,11H2,1-4,6H3,(H,26,27)(H2,23,24,25);5H,6H2,1-3H3,(H,15,16);3-5H,10H2,1-2H3,(H,11,12);1H;/q;;;;+1/p-1. The van der Waals surface area contributed by atoms with E-state index in [1.165, 1.54) is 14.2 Å². The van der Waals surface area contributed by atoms with Crippen LogP contribution in [0.25, 0.3) is 9.69 Å². The molecular weight excluding hydrogens is 816 g/mol. The van der Waals surface area contributed by atoms with Crippen molar-refractivity contribution in [3.8, 4) is 0 Å². The van der Waals surface area contributed by atoms with Crippen molar-refractivity contribution < 1.29 is 84.1 Å². The fourth-order valence-corrected chi connectivity index (χ4v) is 4.43. The molecule has 2 heterocycles. The molecule has 312 valence electrons. The summed E-state index contributed by atoms with van der Waals surface area (Å²) in [5.74, 6) is -1.49. The topological polar surface area (TPSA) is 173 Å². The fraction of sp³-hybridized carbons (Fsp3) is 0.350. The number of hydrogen-bond acceptors (Lipinski definition) is 10. The molecule has 14 nitrogen and oxygen atoms in total. The van der Waals surface area contributed by atoms with Gasteiger partial charge < -0.3 is 26.4 Å². The molecule has 0 radical (unpaired) electrons. The number of nitrogens with two attached hydrogens (primary N) is 1. The molecule has 0 bridgehead atoms. The first-order valence-electron chi connectivity index (χ1n) is 17.3. The number of nitrogens with one attached hydrogen (secondary N) is 5. The fourth-order valence-electron chi connectivity index (χ4n) is 4.25. The maximum atomic E-state index is 14.3. The van der Waals surface area contributed by atoms with E-state index in [1.807, 2.05) is 55.4 Å². The number of aromatic nitrogens is 2. The Bertz CT molecular complexity index is 2140. The summed E-state index contributed by atoms with van der Waals surface area (Å²) in [5, 5.41) is 8.92. The molecule has 2 aromatic carbocycles. The molecule has 0 aliphatic heterocycles. The molecule has 2 aromatic heterocycles. The van der Waals surface area contributed by atoms with Crippen molar-refractivity contribution in [1.29, 1.82) is 0 Å². The molecule has 0 saturated carbocycles. The smallest absolute Gasteiger partial charge is 1.00 e. The first-order chi connectivity index (χ1) is 26.6. The van der Waals surface area contributed by atoms with Gasteiger partial charge in [0, 0.05) is 35.6 Å². The van der Waals surface area contributed by atoms with Crippen molar-refractivity contribution in [1.82, 2.24) is 20.9 Å². The number of benzene rings is 2. The predicted octanol–water partition coefficient (Wildman–Crippen LogP) is 3.33. The second-order valence-corrected chi connectivity index (χ2v) is 15.2. The van der Waals surface area contributed by atoms with Crippen LogP contribution in [0.2, 0.25) is 5.15 Å². The van der Waals surface area contributed by atoms with E-state index < -0.39 is 17.5 Å². The number of hydrogen-bond donors (Lipinski definition) is 6. The van der Waals surface area contributed by atoms with Crippen molar-refractivity contribution in [3.63, 3.8) is 0 Å². The Hall–Kier alpha value is -4.50. The molecule has 0 aliphatic carbocycles. The number of nitrogen functional groups attached to an aromatic ring is 1. The van der Waals surface area contributed by atoms with E-state index in [2.05, 4.69) is 56.2 Å². The van der Waals surface area contributed by atoms with Gasteiger partial charge in [0.2, 0.25) is 11.4 Å². The molecule has 0 unspecified atom stereocenters. The summed E-state index contributed by atoms with van der Waals surface area (Å²) in [5.41, 5.74) is 13.9. The molecule has 59 heavy (non-hydrogen) atoms. The minimum atomic E-state index is -0.592. The van der Waals surface area contributed by atoms with Crippen molar-refractivity contribution in [2.75, 3.05) is 49.0 Å². The summed E-state index contributed by atoms with van der Waals surface area (Å²) in [6.07, 6.45) is 0. The zero-order chi connectivity index (χ0) is 43.1. The normalized spacial score (nSPS) is 10.3. The van der Waals surface area contributed by atoms with E-state index in [-0.39, 0.29) is 107 Å². The third-order valence-electron chi connectivity index (χ3n) is 7.36. The molecule has 4 aromatic rings. The van der Waals surface area contributed by atoms with Gasteiger partial charge >= 0.3 is 51.4 Å². The van der Waals surface area contributed by atoms with Gasteiger partial charge in [0.1, 0.15) is 11.0 Å². The van der Waals surface area contributed by atoms with Crippen LogP contribution in [0.5, 0.6) is 0 Å². The maximum absolute atomic E-state index is 14.3. The maximum Gasteiger partial charge on any atom is 1.00 e. The number of aryl methyl sites for hydroxylation is 2. The van der Waals surface area contributed by atoms with E-state index in [9.17, 15) is 18.4 Å². The number of carbonyl (C=O) groups excluding carboxylic acids is 2. The Morgan fingerprint density at radius 2 is 1.19 bits per heavy atom. The molecule has 0 saturated heterocycles. The molecule has 4 rings (SSSR count). The SMILES string of the molecule is CONC(=O)c1ccc(C)c(N)c1.[C-]#[N+]c1cc(F)c(NCC(C)(C)C)nc1Cl.[C-]#[N+]c1cc(F)c(NCC(C)(C)C)nc1Nc1cc(C(=O)NOC)ccc1C.[F-].[K+]. The molecule has 0 spiro atoms. The van der Waals surface area contributed by atoms with E-state index in [4.69, 9.17) is 30.5 Å². The summed E-state index contributed by atoms with van der Waals surface area (Å²) in [6.45, 7) is 31.0. The van der Waals surface area contributed by atoms with Crippen LogP contribution in [0.1, 0.15) is 73.4 Å². The van der Waals surface area contributed by atoms with Gasteiger partial charge in [-0.2, -0.15) is 0 Å². The minimum Gasteiger partial charge on any atom is -1.00 e. The summed E-state index contributed by atoms with van der Waals surface area (Å²) in [6, 6.07) is 12.4. The van der Waals surface area contributed by atoms with Crippen LogP contribution < -0.4 is 88.7 Å². The van der Waals surface area contributed by atoms with Crippen molar-refractivity contribution >= 4 is 63.6 Å². The summed E-state index contributed by atoms with van der Waals surface area (Å²) < 4.78 is 27.8. The second kappa shape index (κ2) is 25.2.